The molecule has 1 aromatic carbocycles. The molecule has 1 heterocycles. The van der Waals surface area contributed by atoms with Gasteiger partial charge in [-0.3, -0.25) is 0 Å². The number of hydrogen-bond acceptors (Lipinski definition) is 2. The molecular weight excluding hydrogens is 289 g/mol. The van der Waals surface area contributed by atoms with E-state index >= 15 is 0 Å². The van der Waals surface area contributed by atoms with Crippen molar-refractivity contribution in [1.29, 1.82) is 0 Å². The van der Waals surface area contributed by atoms with Crippen molar-refractivity contribution in [3.8, 4) is 0 Å². The van der Waals surface area contributed by atoms with Crippen LogP contribution >= 0.6 is 27.5 Å². The maximum atomic E-state index is 6.08. The SMILES string of the molecule is NC(Cc1ncc[nH]1)c1ccc(Cl)c(Br)c1. The van der Waals surface area contributed by atoms with E-state index in [0.717, 1.165) is 15.9 Å². The van der Waals surface area contributed by atoms with Gasteiger partial charge in [-0.2, -0.15) is 0 Å². The molecule has 1 aromatic heterocycles. The normalized spacial score (nSPS) is 12.7. The van der Waals surface area contributed by atoms with Crippen molar-refractivity contribution in [3.63, 3.8) is 0 Å². The van der Waals surface area contributed by atoms with Gasteiger partial charge in [0.2, 0.25) is 0 Å². The predicted octanol–water partition coefficient (Wildman–Crippen LogP) is 3.07. The van der Waals surface area contributed by atoms with Crippen LogP contribution in [0.2, 0.25) is 5.02 Å². The maximum absolute atomic E-state index is 6.08. The number of rotatable bonds is 3. The van der Waals surface area contributed by atoms with Crippen LogP contribution in [0, 0.1) is 0 Å². The molecule has 0 amide bonds. The Morgan fingerprint density at radius 3 is 2.94 bits per heavy atom. The van der Waals surface area contributed by atoms with Gasteiger partial charge in [-0.25, -0.2) is 4.98 Å². The lowest BCUT2D eigenvalue weighted by Gasteiger charge is -2.11. The summed E-state index contributed by atoms with van der Waals surface area (Å²) in [5, 5.41) is 0.689. The van der Waals surface area contributed by atoms with Gasteiger partial charge < -0.3 is 10.7 Å². The zero-order valence-corrected chi connectivity index (χ0v) is 10.8. The van der Waals surface area contributed by atoms with Gasteiger partial charge in [0.25, 0.3) is 0 Å². The summed E-state index contributed by atoms with van der Waals surface area (Å²) >= 11 is 9.30. The van der Waals surface area contributed by atoms with Crippen molar-refractivity contribution in [2.45, 2.75) is 12.5 Å². The van der Waals surface area contributed by atoms with E-state index in [9.17, 15) is 0 Å². The number of hydrogen-bond donors (Lipinski definition) is 2. The van der Waals surface area contributed by atoms with E-state index < -0.39 is 0 Å². The Morgan fingerprint density at radius 1 is 1.50 bits per heavy atom. The molecule has 2 aromatic rings. The molecule has 3 nitrogen and oxygen atoms in total. The number of aromatic nitrogens is 2. The predicted molar refractivity (Wildman–Crippen MR) is 68.4 cm³/mol. The molecule has 0 bridgehead atoms. The van der Waals surface area contributed by atoms with Crippen molar-refractivity contribution in [2.75, 3.05) is 0 Å². The van der Waals surface area contributed by atoms with Crippen LogP contribution in [0.4, 0.5) is 0 Å². The van der Waals surface area contributed by atoms with E-state index in [4.69, 9.17) is 17.3 Å². The van der Waals surface area contributed by atoms with Crippen molar-refractivity contribution in [2.24, 2.45) is 5.73 Å². The number of nitrogens with two attached hydrogens (primary N) is 1. The second kappa shape index (κ2) is 4.99. The Bertz CT molecular complexity index is 470. The van der Waals surface area contributed by atoms with Gasteiger partial charge in [-0.05, 0) is 33.6 Å². The highest BCUT2D eigenvalue weighted by molar-refractivity contribution is 9.10. The molecule has 16 heavy (non-hydrogen) atoms. The van der Waals surface area contributed by atoms with E-state index in [1.165, 1.54) is 0 Å². The summed E-state index contributed by atoms with van der Waals surface area (Å²) in [6, 6.07) is 5.62. The fourth-order valence-electron chi connectivity index (χ4n) is 1.48. The smallest absolute Gasteiger partial charge is 0.107 e. The molecule has 1 unspecified atom stereocenters. The van der Waals surface area contributed by atoms with Crippen LogP contribution in [0.15, 0.2) is 35.1 Å². The molecule has 0 aliphatic rings. The Labute approximate surface area is 107 Å². The Kier molecular flexibility index (Phi) is 3.63. The number of halogens is 2. The van der Waals surface area contributed by atoms with Gasteiger partial charge in [0.15, 0.2) is 0 Å². The second-order valence-corrected chi connectivity index (χ2v) is 4.78. The molecule has 0 aliphatic carbocycles. The van der Waals surface area contributed by atoms with E-state index in [0.29, 0.717) is 11.4 Å². The first-order valence-corrected chi connectivity index (χ1v) is 6.02. The zero-order valence-electron chi connectivity index (χ0n) is 8.45. The molecule has 5 heteroatoms. The number of nitrogens with one attached hydrogen (secondary N) is 1. The van der Waals surface area contributed by atoms with Crippen LogP contribution in [0.1, 0.15) is 17.4 Å². The van der Waals surface area contributed by atoms with Crippen LogP contribution < -0.4 is 5.73 Å². The molecule has 1 atom stereocenters. The molecular formula is C11H11BrClN3. The number of nitrogens with zero attached hydrogens (tertiary/aromatic N) is 1. The summed E-state index contributed by atoms with van der Waals surface area (Å²) in [6.45, 7) is 0. The number of imidazole rings is 1. The molecule has 0 saturated heterocycles. The standard InChI is InChI=1S/C11H11BrClN3/c12-8-5-7(1-2-9(8)13)10(14)6-11-15-3-4-16-11/h1-5,10H,6,14H2,(H,15,16). The minimum absolute atomic E-state index is 0.0836. The van der Waals surface area contributed by atoms with Crippen LogP contribution in [0.5, 0.6) is 0 Å². The molecule has 0 saturated carbocycles. The minimum Gasteiger partial charge on any atom is -0.349 e. The highest BCUT2D eigenvalue weighted by Gasteiger charge is 2.09. The van der Waals surface area contributed by atoms with Crippen molar-refractivity contribution in [3.05, 3.63) is 51.5 Å². The van der Waals surface area contributed by atoms with Crippen molar-refractivity contribution in [1.82, 2.24) is 9.97 Å². The summed E-state index contributed by atoms with van der Waals surface area (Å²) in [6.07, 6.45) is 4.20. The van der Waals surface area contributed by atoms with Gasteiger partial charge in [0, 0.05) is 29.3 Å². The van der Waals surface area contributed by atoms with Crippen molar-refractivity contribution >= 4 is 27.5 Å². The van der Waals surface area contributed by atoms with Crippen molar-refractivity contribution < 1.29 is 0 Å². The lowest BCUT2D eigenvalue weighted by molar-refractivity contribution is 0.694. The van der Waals surface area contributed by atoms with E-state index in [1.807, 2.05) is 18.2 Å². The lowest BCUT2D eigenvalue weighted by Crippen LogP contribution is -2.14. The largest absolute Gasteiger partial charge is 0.349 e. The first-order valence-electron chi connectivity index (χ1n) is 4.85. The van der Waals surface area contributed by atoms with Crippen LogP contribution in [0.3, 0.4) is 0 Å². The highest BCUT2D eigenvalue weighted by atomic mass is 79.9. The number of H-pyrrole nitrogens is 1. The monoisotopic (exact) mass is 299 g/mol. The average molecular weight is 301 g/mol. The van der Waals surface area contributed by atoms with Gasteiger partial charge in [0.05, 0.1) is 5.02 Å². The quantitative estimate of drug-likeness (QED) is 0.915. The third-order valence-corrected chi connectivity index (χ3v) is 3.55. The molecule has 0 spiro atoms. The number of benzene rings is 1. The van der Waals surface area contributed by atoms with Crippen LogP contribution in [-0.4, -0.2) is 9.97 Å². The van der Waals surface area contributed by atoms with Gasteiger partial charge in [0.1, 0.15) is 5.82 Å². The fraction of sp³-hybridized carbons (Fsp3) is 0.182. The minimum atomic E-state index is -0.0836. The first-order chi connectivity index (χ1) is 7.66. The second-order valence-electron chi connectivity index (χ2n) is 3.52. The summed E-state index contributed by atoms with van der Waals surface area (Å²) in [7, 11) is 0. The molecule has 0 radical (unpaired) electrons. The third-order valence-electron chi connectivity index (χ3n) is 2.34. The molecule has 0 aliphatic heterocycles. The zero-order chi connectivity index (χ0) is 11.5. The third kappa shape index (κ3) is 2.64. The maximum Gasteiger partial charge on any atom is 0.107 e. The highest BCUT2D eigenvalue weighted by Crippen LogP contribution is 2.26. The first kappa shape index (κ1) is 11.6. The van der Waals surface area contributed by atoms with Gasteiger partial charge in [-0.1, -0.05) is 17.7 Å². The molecule has 3 N–H and O–H groups in total. The van der Waals surface area contributed by atoms with Gasteiger partial charge >= 0.3 is 0 Å². The van der Waals surface area contributed by atoms with Crippen LogP contribution in [-0.2, 0) is 6.42 Å². The number of aromatic amines is 1. The van der Waals surface area contributed by atoms with E-state index in [1.54, 1.807) is 12.4 Å². The fourth-order valence-corrected chi connectivity index (χ4v) is 1.99. The molecule has 0 fully saturated rings. The van der Waals surface area contributed by atoms with E-state index in [2.05, 4.69) is 25.9 Å². The Balaban J connectivity index is 2.14. The Hall–Kier alpha value is -0.840. The van der Waals surface area contributed by atoms with E-state index in [-0.39, 0.29) is 6.04 Å². The van der Waals surface area contributed by atoms with Gasteiger partial charge in [-0.15, -0.1) is 0 Å². The Morgan fingerprint density at radius 2 is 2.31 bits per heavy atom. The summed E-state index contributed by atoms with van der Waals surface area (Å²) in [5.74, 6) is 0.888. The lowest BCUT2D eigenvalue weighted by atomic mass is 10.0. The topological polar surface area (TPSA) is 54.7 Å². The summed E-state index contributed by atoms with van der Waals surface area (Å²) in [4.78, 5) is 7.18. The molecule has 84 valence electrons. The average Bonchev–Trinajstić information content (AvgIpc) is 2.74. The summed E-state index contributed by atoms with van der Waals surface area (Å²) in [5.41, 5.74) is 7.12. The summed E-state index contributed by atoms with van der Waals surface area (Å²) < 4.78 is 0.863. The van der Waals surface area contributed by atoms with Crippen LogP contribution in [0.25, 0.3) is 0 Å². The molecule has 2 rings (SSSR count).